The molecule has 0 spiro atoms. The Balaban J connectivity index is 2.52. The summed E-state index contributed by atoms with van der Waals surface area (Å²) in [5, 5.41) is 0. The van der Waals surface area contributed by atoms with Gasteiger partial charge in [-0.05, 0) is 31.5 Å². The zero-order chi connectivity index (χ0) is 19.3. The van der Waals surface area contributed by atoms with Crippen LogP contribution in [0.5, 0.6) is 0 Å². The number of aryl methyl sites for hydroxylation is 1. The molecule has 0 bridgehead atoms. The minimum atomic E-state index is -0.873. The number of ketones is 1. The predicted molar refractivity (Wildman–Crippen MR) is 95.8 cm³/mol. The zero-order valence-electron chi connectivity index (χ0n) is 15.4. The van der Waals surface area contributed by atoms with E-state index < -0.39 is 17.8 Å². The van der Waals surface area contributed by atoms with Gasteiger partial charge in [0.2, 0.25) is 5.78 Å². The molecule has 26 heavy (non-hydrogen) atoms. The lowest BCUT2D eigenvalue weighted by Crippen LogP contribution is -2.24. The smallest absolute Gasteiger partial charge is 0.374 e. The molecule has 0 saturated carbocycles. The summed E-state index contributed by atoms with van der Waals surface area (Å²) in [4.78, 5) is 35.9. The van der Waals surface area contributed by atoms with E-state index in [1.807, 2.05) is 54.0 Å². The number of aromatic nitrogens is 1. The highest BCUT2D eigenvalue weighted by molar-refractivity contribution is 6.33. The van der Waals surface area contributed by atoms with Crippen molar-refractivity contribution in [3.8, 4) is 0 Å². The van der Waals surface area contributed by atoms with Crippen LogP contribution in [0.25, 0.3) is 0 Å². The van der Waals surface area contributed by atoms with Crippen molar-refractivity contribution in [2.24, 2.45) is 0 Å². The van der Waals surface area contributed by atoms with Crippen LogP contribution >= 0.6 is 0 Å². The maximum absolute atomic E-state index is 12.2. The number of ether oxygens (including phenoxy) is 2. The Kier molecular flexibility index (Phi) is 6.33. The van der Waals surface area contributed by atoms with Crippen molar-refractivity contribution >= 4 is 17.7 Å². The van der Waals surface area contributed by atoms with E-state index in [1.54, 1.807) is 6.92 Å². The van der Waals surface area contributed by atoms with Gasteiger partial charge in [-0.15, -0.1) is 0 Å². The van der Waals surface area contributed by atoms with Crippen LogP contribution in [0.3, 0.4) is 0 Å². The highest BCUT2D eigenvalue weighted by Gasteiger charge is 2.28. The molecule has 0 aliphatic heterocycles. The summed E-state index contributed by atoms with van der Waals surface area (Å²) in [6.45, 7) is 3.62. The van der Waals surface area contributed by atoms with Crippen LogP contribution < -0.4 is 0 Å². The second-order valence-corrected chi connectivity index (χ2v) is 6.05. The number of hydrogen-bond donors (Lipinski definition) is 0. The van der Waals surface area contributed by atoms with Gasteiger partial charge in [-0.25, -0.2) is 9.59 Å². The summed E-state index contributed by atoms with van der Waals surface area (Å²) < 4.78 is 11.3. The van der Waals surface area contributed by atoms with Crippen LogP contribution in [-0.4, -0.2) is 36.5 Å². The third-order valence-electron chi connectivity index (χ3n) is 4.44. The number of carbonyl (C=O) groups excluding carboxylic acids is 3. The fourth-order valence-corrected chi connectivity index (χ4v) is 3.12. The van der Waals surface area contributed by atoms with Crippen LogP contribution in [0.2, 0.25) is 0 Å². The van der Waals surface area contributed by atoms with Gasteiger partial charge in [-0.1, -0.05) is 30.3 Å². The molecule has 1 aromatic carbocycles. The fourth-order valence-electron chi connectivity index (χ4n) is 3.12. The number of carbonyl (C=O) groups is 3. The summed E-state index contributed by atoms with van der Waals surface area (Å²) in [5.74, 6) is -2.25. The highest BCUT2D eigenvalue weighted by Crippen LogP contribution is 2.32. The van der Waals surface area contributed by atoms with Crippen LogP contribution in [0.15, 0.2) is 42.5 Å². The van der Waals surface area contributed by atoms with Gasteiger partial charge >= 0.3 is 11.9 Å². The molecule has 1 aromatic heterocycles. The van der Waals surface area contributed by atoms with Gasteiger partial charge in [0, 0.05) is 23.7 Å². The Bertz CT molecular complexity index is 794. The first-order chi connectivity index (χ1) is 12.4. The van der Waals surface area contributed by atoms with E-state index >= 15 is 0 Å². The molecular weight excluding hydrogens is 334 g/mol. The second kappa shape index (κ2) is 8.47. The van der Waals surface area contributed by atoms with Crippen molar-refractivity contribution in [3.63, 3.8) is 0 Å². The maximum Gasteiger partial charge on any atom is 0.374 e. The first-order valence-electron chi connectivity index (χ1n) is 8.32. The summed E-state index contributed by atoms with van der Waals surface area (Å²) in [5.41, 5.74) is 2.51. The van der Waals surface area contributed by atoms with Crippen molar-refractivity contribution in [1.82, 2.24) is 4.57 Å². The lowest BCUT2D eigenvalue weighted by atomic mass is 9.90. The lowest BCUT2D eigenvalue weighted by molar-refractivity contribution is -0.151. The molecule has 0 amide bonds. The normalized spacial score (nSPS) is 12.9. The molecule has 2 rings (SSSR count). The van der Waals surface area contributed by atoms with Gasteiger partial charge in [0.15, 0.2) is 0 Å². The Hall–Kier alpha value is -2.89. The van der Waals surface area contributed by atoms with Gasteiger partial charge in [0.25, 0.3) is 0 Å². The largest absolute Gasteiger partial charge is 0.467 e. The molecule has 0 aliphatic carbocycles. The summed E-state index contributed by atoms with van der Waals surface area (Å²) in [7, 11) is 2.52. The third kappa shape index (κ3) is 4.02. The molecule has 0 saturated heterocycles. The van der Waals surface area contributed by atoms with E-state index in [9.17, 15) is 14.4 Å². The first kappa shape index (κ1) is 19.4. The average molecular weight is 357 g/mol. The second-order valence-electron chi connectivity index (χ2n) is 6.05. The molecule has 1 heterocycles. The molecule has 0 fully saturated rings. The van der Waals surface area contributed by atoms with Crippen molar-refractivity contribution in [3.05, 3.63) is 59.4 Å². The standard InChI is InChI=1S/C20H23NO5/c1-13-10-11-17(21(13)14(2)19(23)25-3)16(12-18(22)20(24)26-4)15-8-6-5-7-9-15/h5-11,14,16H,12H2,1-4H3/t14-,16-/m1/s1. The van der Waals surface area contributed by atoms with Gasteiger partial charge in [0.1, 0.15) is 6.04 Å². The van der Waals surface area contributed by atoms with Crippen molar-refractivity contribution in [1.29, 1.82) is 0 Å². The van der Waals surface area contributed by atoms with E-state index in [4.69, 9.17) is 4.74 Å². The Morgan fingerprint density at radius 1 is 1.00 bits per heavy atom. The first-order valence-corrected chi connectivity index (χ1v) is 8.32. The number of hydrogen-bond acceptors (Lipinski definition) is 5. The highest BCUT2D eigenvalue weighted by atomic mass is 16.5. The van der Waals surface area contributed by atoms with Gasteiger partial charge in [-0.3, -0.25) is 4.79 Å². The molecular formula is C20H23NO5. The van der Waals surface area contributed by atoms with Crippen LogP contribution in [0.4, 0.5) is 0 Å². The molecule has 138 valence electrons. The summed E-state index contributed by atoms with van der Waals surface area (Å²) in [6.07, 6.45) is -0.0476. The van der Waals surface area contributed by atoms with E-state index in [2.05, 4.69) is 4.74 Å². The SMILES string of the molecule is COC(=O)C(=O)C[C@H](c1ccccc1)c1ccc(C)n1[C@H](C)C(=O)OC. The maximum atomic E-state index is 12.2. The predicted octanol–water partition coefficient (Wildman–Crippen LogP) is 2.79. The van der Waals surface area contributed by atoms with E-state index in [0.717, 1.165) is 17.0 Å². The van der Waals surface area contributed by atoms with E-state index in [-0.39, 0.29) is 18.3 Å². The van der Waals surface area contributed by atoms with Crippen molar-refractivity contribution < 1.29 is 23.9 Å². The quantitative estimate of drug-likeness (QED) is 0.563. The number of rotatable bonds is 7. The van der Waals surface area contributed by atoms with Crippen LogP contribution in [0.1, 0.15) is 42.3 Å². The number of Topliss-reactive ketones (excluding diaryl/α,β-unsaturated/α-hetero) is 1. The Morgan fingerprint density at radius 2 is 1.65 bits per heavy atom. The molecule has 0 unspecified atom stereocenters. The van der Waals surface area contributed by atoms with Gasteiger partial charge in [-0.2, -0.15) is 0 Å². The minimum absolute atomic E-state index is 0.0476. The lowest BCUT2D eigenvalue weighted by Gasteiger charge is -2.23. The molecule has 2 aromatic rings. The number of benzene rings is 1. The zero-order valence-corrected chi connectivity index (χ0v) is 15.4. The minimum Gasteiger partial charge on any atom is -0.467 e. The Morgan fingerprint density at radius 3 is 2.23 bits per heavy atom. The topological polar surface area (TPSA) is 74.6 Å². The van der Waals surface area contributed by atoms with Crippen molar-refractivity contribution in [2.45, 2.75) is 32.2 Å². The fraction of sp³-hybridized carbons (Fsp3) is 0.350. The Labute approximate surface area is 152 Å². The molecule has 0 aliphatic rings. The molecule has 2 atom stereocenters. The number of methoxy groups -OCH3 is 2. The van der Waals surface area contributed by atoms with Gasteiger partial charge < -0.3 is 14.0 Å². The van der Waals surface area contributed by atoms with E-state index in [1.165, 1.54) is 14.2 Å². The molecule has 6 nitrogen and oxygen atoms in total. The third-order valence-corrected chi connectivity index (χ3v) is 4.44. The number of nitrogens with zero attached hydrogens (tertiary/aromatic N) is 1. The van der Waals surface area contributed by atoms with Gasteiger partial charge in [0.05, 0.1) is 14.2 Å². The monoisotopic (exact) mass is 357 g/mol. The molecule has 6 heteroatoms. The average Bonchev–Trinajstić information content (AvgIpc) is 3.05. The van der Waals surface area contributed by atoms with E-state index in [0.29, 0.717) is 0 Å². The molecule has 0 N–H and O–H groups in total. The number of esters is 2. The molecule has 0 radical (unpaired) electrons. The van der Waals surface area contributed by atoms with Crippen LogP contribution in [-0.2, 0) is 23.9 Å². The summed E-state index contributed by atoms with van der Waals surface area (Å²) in [6, 6.07) is 12.6. The van der Waals surface area contributed by atoms with Crippen LogP contribution in [0, 0.1) is 6.92 Å². The van der Waals surface area contributed by atoms with Crippen molar-refractivity contribution in [2.75, 3.05) is 14.2 Å². The summed E-state index contributed by atoms with van der Waals surface area (Å²) >= 11 is 0.